The molecule has 0 unspecified atom stereocenters. The standard InChI is InChI=1S/C20H33N3O2S/c1-5-21-20(22-13-17-8-6-15(2)7-9-17)23-14-18-10-11-19(16(3)12-18)26(4,24)25/h10-12,15,17H,5-9,13-14H2,1-4H3,(H2,21,22,23). The molecule has 2 N–H and O–H groups in total. The first-order valence-corrected chi connectivity index (χ1v) is 11.5. The molecule has 0 bridgehead atoms. The second-order valence-corrected chi connectivity index (χ2v) is 9.56. The highest BCUT2D eigenvalue weighted by Crippen LogP contribution is 2.27. The summed E-state index contributed by atoms with van der Waals surface area (Å²) < 4.78 is 23.4. The van der Waals surface area contributed by atoms with Crippen LogP contribution < -0.4 is 10.6 Å². The van der Waals surface area contributed by atoms with Crippen LogP contribution in [0.5, 0.6) is 0 Å². The largest absolute Gasteiger partial charge is 0.357 e. The summed E-state index contributed by atoms with van der Waals surface area (Å²) in [4.78, 5) is 5.05. The van der Waals surface area contributed by atoms with E-state index in [0.29, 0.717) is 11.4 Å². The van der Waals surface area contributed by atoms with E-state index < -0.39 is 9.84 Å². The first-order valence-electron chi connectivity index (χ1n) is 9.61. The van der Waals surface area contributed by atoms with Gasteiger partial charge in [-0.3, -0.25) is 0 Å². The van der Waals surface area contributed by atoms with Gasteiger partial charge in [0.05, 0.1) is 11.4 Å². The maximum Gasteiger partial charge on any atom is 0.191 e. The summed E-state index contributed by atoms with van der Waals surface area (Å²) in [6.07, 6.45) is 6.48. The number of nitrogens with zero attached hydrogens (tertiary/aromatic N) is 1. The van der Waals surface area contributed by atoms with E-state index in [1.54, 1.807) is 6.07 Å². The van der Waals surface area contributed by atoms with Crippen molar-refractivity contribution >= 4 is 15.8 Å². The van der Waals surface area contributed by atoms with Gasteiger partial charge < -0.3 is 10.6 Å². The maximum absolute atomic E-state index is 11.7. The monoisotopic (exact) mass is 379 g/mol. The van der Waals surface area contributed by atoms with Crippen LogP contribution in [-0.4, -0.2) is 33.7 Å². The van der Waals surface area contributed by atoms with Gasteiger partial charge in [0.1, 0.15) is 0 Å². The Labute approximate surface area is 158 Å². The summed E-state index contributed by atoms with van der Waals surface area (Å²) in [7, 11) is -3.18. The molecule has 0 aliphatic heterocycles. The van der Waals surface area contributed by atoms with E-state index in [-0.39, 0.29) is 0 Å². The lowest BCUT2D eigenvalue weighted by Gasteiger charge is -2.26. The van der Waals surface area contributed by atoms with Gasteiger partial charge in [-0.25, -0.2) is 13.4 Å². The van der Waals surface area contributed by atoms with Crippen molar-refractivity contribution in [2.45, 2.75) is 57.9 Å². The number of guanidine groups is 1. The molecule has 1 saturated carbocycles. The summed E-state index contributed by atoms with van der Waals surface area (Å²) in [5, 5.41) is 6.76. The molecule has 146 valence electrons. The molecule has 0 heterocycles. The van der Waals surface area contributed by atoms with E-state index in [1.165, 1.54) is 31.9 Å². The van der Waals surface area contributed by atoms with Crippen molar-refractivity contribution in [3.05, 3.63) is 29.3 Å². The van der Waals surface area contributed by atoms with E-state index in [0.717, 1.165) is 42.0 Å². The molecule has 2 rings (SSSR count). The third kappa shape index (κ3) is 6.31. The predicted molar refractivity (Wildman–Crippen MR) is 108 cm³/mol. The van der Waals surface area contributed by atoms with Gasteiger partial charge in [0.25, 0.3) is 0 Å². The Balaban J connectivity index is 1.96. The second kappa shape index (κ2) is 9.40. The van der Waals surface area contributed by atoms with Crippen molar-refractivity contribution < 1.29 is 8.42 Å². The van der Waals surface area contributed by atoms with Gasteiger partial charge >= 0.3 is 0 Å². The molecule has 0 amide bonds. The van der Waals surface area contributed by atoms with Crippen LogP contribution in [0.25, 0.3) is 0 Å². The van der Waals surface area contributed by atoms with Gasteiger partial charge in [-0.2, -0.15) is 0 Å². The van der Waals surface area contributed by atoms with E-state index in [4.69, 9.17) is 0 Å². The van der Waals surface area contributed by atoms with Crippen molar-refractivity contribution in [2.24, 2.45) is 16.8 Å². The summed E-state index contributed by atoms with van der Waals surface area (Å²) in [5.74, 6) is 2.42. The number of benzene rings is 1. The molecule has 26 heavy (non-hydrogen) atoms. The van der Waals surface area contributed by atoms with Gasteiger partial charge in [0, 0.05) is 19.3 Å². The van der Waals surface area contributed by atoms with Gasteiger partial charge in [0.2, 0.25) is 0 Å². The van der Waals surface area contributed by atoms with Crippen molar-refractivity contribution in [3.63, 3.8) is 0 Å². The van der Waals surface area contributed by atoms with Crippen LogP contribution in [0, 0.1) is 18.8 Å². The van der Waals surface area contributed by atoms with E-state index in [2.05, 4.69) is 29.5 Å². The molecule has 0 aromatic heterocycles. The van der Waals surface area contributed by atoms with Crippen LogP contribution in [0.2, 0.25) is 0 Å². The van der Waals surface area contributed by atoms with E-state index in [9.17, 15) is 8.42 Å². The molecule has 1 aliphatic carbocycles. The molecule has 1 aromatic rings. The number of hydrogen-bond acceptors (Lipinski definition) is 3. The number of aliphatic imine (C=N–C) groups is 1. The summed E-state index contributed by atoms with van der Waals surface area (Å²) in [5.41, 5.74) is 1.79. The average molecular weight is 380 g/mol. The summed E-state index contributed by atoms with van der Waals surface area (Å²) >= 11 is 0. The molecular weight excluding hydrogens is 346 g/mol. The zero-order chi connectivity index (χ0) is 19.2. The van der Waals surface area contributed by atoms with Gasteiger partial charge in [-0.15, -0.1) is 0 Å². The van der Waals surface area contributed by atoms with Gasteiger partial charge in [-0.05, 0) is 55.7 Å². The van der Waals surface area contributed by atoms with Gasteiger partial charge in [0.15, 0.2) is 15.8 Å². The minimum atomic E-state index is -3.18. The maximum atomic E-state index is 11.7. The number of rotatable bonds is 6. The third-order valence-corrected chi connectivity index (χ3v) is 6.35. The number of hydrogen-bond donors (Lipinski definition) is 2. The Bertz CT molecular complexity index is 721. The number of nitrogens with one attached hydrogen (secondary N) is 2. The lowest BCUT2D eigenvalue weighted by molar-refractivity contribution is 0.289. The van der Waals surface area contributed by atoms with Crippen LogP contribution in [-0.2, 0) is 16.4 Å². The Morgan fingerprint density at radius 1 is 1.19 bits per heavy atom. The molecule has 5 nitrogen and oxygen atoms in total. The number of aryl methyl sites for hydroxylation is 1. The van der Waals surface area contributed by atoms with Crippen molar-refractivity contribution in [2.75, 3.05) is 19.3 Å². The van der Waals surface area contributed by atoms with E-state index in [1.807, 2.05) is 19.1 Å². The SMILES string of the molecule is CCNC(=NCc1ccc(S(C)(=O)=O)c(C)c1)NCC1CCC(C)CC1. The molecule has 6 heteroatoms. The molecule has 1 aromatic carbocycles. The zero-order valence-corrected chi connectivity index (χ0v) is 17.3. The first kappa shape index (κ1) is 20.7. The van der Waals surface area contributed by atoms with E-state index >= 15 is 0 Å². The smallest absolute Gasteiger partial charge is 0.191 e. The zero-order valence-electron chi connectivity index (χ0n) is 16.5. The molecule has 0 spiro atoms. The summed E-state index contributed by atoms with van der Waals surface area (Å²) in [6, 6.07) is 5.43. The lowest BCUT2D eigenvalue weighted by atomic mass is 9.83. The van der Waals surface area contributed by atoms with Crippen LogP contribution >= 0.6 is 0 Å². The predicted octanol–water partition coefficient (Wildman–Crippen LogP) is 3.28. The van der Waals surface area contributed by atoms with Crippen molar-refractivity contribution in [3.8, 4) is 0 Å². The number of sulfone groups is 1. The minimum Gasteiger partial charge on any atom is -0.357 e. The van der Waals surface area contributed by atoms with Crippen molar-refractivity contribution in [1.29, 1.82) is 0 Å². The molecule has 0 radical (unpaired) electrons. The molecule has 0 saturated heterocycles. The third-order valence-electron chi connectivity index (χ3n) is 5.10. The normalized spacial score (nSPS) is 21.5. The fourth-order valence-electron chi connectivity index (χ4n) is 3.51. The second-order valence-electron chi connectivity index (χ2n) is 7.57. The fraction of sp³-hybridized carbons (Fsp3) is 0.650. The molecule has 1 aliphatic rings. The molecular formula is C20H33N3O2S. The average Bonchev–Trinajstić information content (AvgIpc) is 2.57. The highest BCUT2D eigenvalue weighted by atomic mass is 32.2. The van der Waals surface area contributed by atoms with Crippen molar-refractivity contribution in [1.82, 2.24) is 10.6 Å². The minimum absolute atomic E-state index is 0.391. The summed E-state index contributed by atoms with van der Waals surface area (Å²) in [6.45, 7) is 8.54. The Morgan fingerprint density at radius 3 is 2.46 bits per heavy atom. The Hall–Kier alpha value is -1.56. The van der Waals surface area contributed by atoms with Crippen LogP contribution in [0.1, 0.15) is 50.7 Å². The van der Waals surface area contributed by atoms with Crippen LogP contribution in [0.4, 0.5) is 0 Å². The van der Waals surface area contributed by atoms with Crippen LogP contribution in [0.3, 0.4) is 0 Å². The Kier molecular flexibility index (Phi) is 7.50. The highest BCUT2D eigenvalue weighted by Gasteiger charge is 2.18. The lowest BCUT2D eigenvalue weighted by Crippen LogP contribution is -2.40. The highest BCUT2D eigenvalue weighted by molar-refractivity contribution is 7.90. The first-order chi connectivity index (χ1) is 12.3. The molecule has 1 fully saturated rings. The van der Waals surface area contributed by atoms with Gasteiger partial charge in [-0.1, -0.05) is 31.9 Å². The topological polar surface area (TPSA) is 70.6 Å². The molecule has 0 atom stereocenters. The Morgan fingerprint density at radius 2 is 1.88 bits per heavy atom. The van der Waals surface area contributed by atoms with Crippen LogP contribution in [0.15, 0.2) is 28.1 Å². The fourth-order valence-corrected chi connectivity index (χ4v) is 4.47. The quantitative estimate of drug-likeness (QED) is 0.588.